The Labute approximate surface area is 132 Å². The van der Waals surface area contributed by atoms with Crippen molar-refractivity contribution < 1.29 is 29.3 Å². The molecule has 1 saturated carbocycles. The molecule has 0 unspecified atom stereocenters. The van der Waals surface area contributed by atoms with Gasteiger partial charge in [0.1, 0.15) is 6.10 Å². The lowest BCUT2D eigenvalue weighted by Gasteiger charge is -2.19. The van der Waals surface area contributed by atoms with Crippen molar-refractivity contribution in [2.24, 2.45) is 5.92 Å². The fourth-order valence-corrected chi connectivity index (χ4v) is 4.79. The van der Waals surface area contributed by atoms with E-state index in [1.807, 2.05) is 0 Å². The minimum atomic E-state index is -0.884. The highest BCUT2D eigenvalue weighted by Crippen LogP contribution is 2.38. The highest BCUT2D eigenvalue weighted by atomic mass is 31.1. The molecule has 0 spiro atoms. The van der Waals surface area contributed by atoms with E-state index in [0.717, 1.165) is 19.3 Å². The van der Waals surface area contributed by atoms with Gasteiger partial charge in [-0.1, -0.05) is 6.92 Å². The number of aliphatic carboxylic acids is 2. The van der Waals surface area contributed by atoms with Crippen LogP contribution in [0.2, 0.25) is 0 Å². The van der Waals surface area contributed by atoms with Crippen molar-refractivity contribution in [3.8, 4) is 0 Å². The summed E-state index contributed by atoms with van der Waals surface area (Å²) in [4.78, 5) is 33.2. The Hall–Kier alpha value is -1.16. The Morgan fingerprint density at radius 1 is 1.00 bits per heavy atom. The number of hydrogen-bond acceptors (Lipinski definition) is 4. The number of carboxylic acids is 2. The van der Waals surface area contributed by atoms with E-state index in [0.29, 0.717) is 24.4 Å². The second kappa shape index (κ2) is 9.78. The zero-order valence-corrected chi connectivity index (χ0v) is 13.9. The van der Waals surface area contributed by atoms with Crippen LogP contribution in [0.1, 0.15) is 45.4 Å². The van der Waals surface area contributed by atoms with Gasteiger partial charge in [0.2, 0.25) is 0 Å². The van der Waals surface area contributed by atoms with Crippen LogP contribution in [-0.2, 0) is 19.1 Å². The van der Waals surface area contributed by atoms with Crippen molar-refractivity contribution in [3.63, 3.8) is 0 Å². The van der Waals surface area contributed by atoms with Gasteiger partial charge in [0.05, 0.1) is 0 Å². The molecule has 0 aromatic carbocycles. The van der Waals surface area contributed by atoms with Crippen molar-refractivity contribution in [2.45, 2.75) is 51.6 Å². The summed E-state index contributed by atoms with van der Waals surface area (Å²) < 4.78 is 5.46. The second-order valence-corrected chi connectivity index (χ2v) is 8.50. The van der Waals surface area contributed by atoms with Gasteiger partial charge >= 0.3 is 17.9 Å². The maximum absolute atomic E-state index is 11.9. The molecule has 126 valence electrons. The first kappa shape index (κ1) is 18.9. The molecule has 1 aliphatic carbocycles. The van der Waals surface area contributed by atoms with E-state index in [1.54, 1.807) is 0 Å². The molecule has 1 fully saturated rings. The average Bonchev–Trinajstić information content (AvgIpc) is 2.83. The Balaban J connectivity index is 2.34. The summed E-state index contributed by atoms with van der Waals surface area (Å²) in [6.07, 6.45) is 4.89. The van der Waals surface area contributed by atoms with Crippen molar-refractivity contribution in [1.82, 2.24) is 0 Å². The van der Waals surface area contributed by atoms with Crippen molar-refractivity contribution in [1.29, 1.82) is 0 Å². The Bertz CT molecular complexity index is 379. The van der Waals surface area contributed by atoms with E-state index >= 15 is 0 Å². The normalized spacial score (nSPS) is 21.0. The summed E-state index contributed by atoms with van der Waals surface area (Å²) in [5, 5.41) is 17.5. The maximum atomic E-state index is 11.9. The molecule has 0 aromatic rings. The molecule has 2 atom stereocenters. The largest absolute Gasteiger partial charge is 0.481 e. The molecule has 7 heteroatoms. The van der Waals surface area contributed by atoms with Gasteiger partial charge in [-0.15, -0.1) is 7.92 Å². The summed E-state index contributed by atoms with van der Waals surface area (Å²) in [7, 11) is -0.750. The molecule has 6 nitrogen and oxygen atoms in total. The number of esters is 1. The summed E-state index contributed by atoms with van der Waals surface area (Å²) in [6, 6.07) is 0. The summed E-state index contributed by atoms with van der Waals surface area (Å²) in [5.41, 5.74) is 0. The molecule has 1 rings (SSSR count). The summed E-state index contributed by atoms with van der Waals surface area (Å²) in [6.45, 7) is 2.08. The minimum absolute atomic E-state index is 0.0109. The van der Waals surface area contributed by atoms with E-state index in [9.17, 15) is 14.4 Å². The van der Waals surface area contributed by atoms with Crippen molar-refractivity contribution >= 4 is 25.8 Å². The average molecular weight is 332 g/mol. The minimum Gasteiger partial charge on any atom is -0.481 e. The maximum Gasteiger partial charge on any atom is 0.306 e. The number of carboxylic acid groups (broad SMARTS) is 2. The third-order valence-electron chi connectivity index (χ3n) is 3.98. The molecule has 0 bridgehead atoms. The van der Waals surface area contributed by atoms with E-state index in [1.165, 1.54) is 0 Å². The van der Waals surface area contributed by atoms with E-state index in [2.05, 4.69) is 6.92 Å². The SMILES string of the molecule is C[C@H]1CCC[C@@H]1OC(=O)CCP(CCC(=O)O)CCC(=O)O. The van der Waals surface area contributed by atoms with Gasteiger partial charge in [-0.25, -0.2) is 0 Å². The smallest absolute Gasteiger partial charge is 0.306 e. The van der Waals surface area contributed by atoms with Crippen LogP contribution in [0.5, 0.6) is 0 Å². The van der Waals surface area contributed by atoms with E-state index < -0.39 is 19.9 Å². The third kappa shape index (κ3) is 7.74. The van der Waals surface area contributed by atoms with Gasteiger partial charge in [0.25, 0.3) is 0 Å². The van der Waals surface area contributed by atoms with E-state index in [4.69, 9.17) is 14.9 Å². The molecule has 0 aliphatic heterocycles. The van der Waals surface area contributed by atoms with Crippen molar-refractivity contribution in [3.05, 3.63) is 0 Å². The molecule has 0 aromatic heterocycles. The zero-order chi connectivity index (χ0) is 16.5. The lowest BCUT2D eigenvalue weighted by atomic mass is 10.1. The van der Waals surface area contributed by atoms with Crippen molar-refractivity contribution in [2.75, 3.05) is 18.5 Å². The lowest BCUT2D eigenvalue weighted by molar-refractivity contribution is -0.150. The first-order valence-electron chi connectivity index (χ1n) is 7.74. The van der Waals surface area contributed by atoms with Gasteiger partial charge in [-0.2, -0.15) is 0 Å². The number of carbonyl (C=O) groups excluding carboxylic acids is 1. The standard InChI is InChI=1S/C15H25O6P/c1-11-3-2-4-12(11)21-15(20)7-10-22(8-5-13(16)17)9-6-14(18)19/h11-12H,2-10H2,1H3,(H,16,17)(H,18,19)/t11-,12-/m0/s1. The fourth-order valence-electron chi connectivity index (χ4n) is 2.61. The molecule has 0 radical (unpaired) electrons. The Morgan fingerprint density at radius 2 is 1.55 bits per heavy atom. The van der Waals surface area contributed by atoms with Crippen LogP contribution in [0.15, 0.2) is 0 Å². The van der Waals surface area contributed by atoms with Crippen LogP contribution in [0.3, 0.4) is 0 Å². The topological polar surface area (TPSA) is 101 Å². The molecule has 22 heavy (non-hydrogen) atoms. The number of hydrogen-bond donors (Lipinski definition) is 2. The predicted molar refractivity (Wildman–Crippen MR) is 83.5 cm³/mol. The summed E-state index contributed by atoms with van der Waals surface area (Å²) in [5.74, 6) is -1.60. The first-order chi connectivity index (χ1) is 10.4. The number of carbonyl (C=O) groups is 3. The Kier molecular flexibility index (Phi) is 8.39. The molecule has 2 N–H and O–H groups in total. The fraction of sp³-hybridized carbons (Fsp3) is 0.800. The molecule has 0 heterocycles. The van der Waals surface area contributed by atoms with Gasteiger partial charge < -0.3 is 14.9 Å². The summed E-state index contributed by atoms with van der Waals surface area (Å²) >= 11 is 0. The molecular formula is C15H25O6P. The van der Waals surface area contributed by atoms with Crippen LogP contribution >= 0.6 is 7.92 Å². The third-order valence-corrected chi connectivity index (χ3v) is 6.55. The van der Waals surface area contributed by atoms with Gasteiger partial charge in [0, 0.05) is 19.3 Å². The van der Waals surface area contributed by atoms with Gasteiger partial charge in [0.15, 0.2) is 0 Å². The lowest BCUT2D eigenvalue weighted by Crippen LogP contribution is -2.21. The first-order valence-corrected chi connectivity index (χ1v) is 9.63. The zero-order valence-electron chi connectivity index (χ0n) is 13.0. The highest BCUT2D eigenvalue weighted by molar-refractivity contribution is 7.57. The molecular weight excluding hydrogens is 307 g/mol. The number of ether oxygens (including phenoxy) is 1. The molecule has 0 amide bonds. The van der Waals surface area contributed by atoms with Crippen LogP contribution < -0.4 is 0 Å². The second-order valence-electron chi connectivity index (χ2n) is 5.82. The molecule has 0 saturated heterocycles. The van der Waals surface area contributed by atoms with E-state index in [-0.39, 0.29) is 31.3 Å². The quantitative estimate of drug-likeness (QED) is 0.471. The van der Waals surface area contributed by atoms with Crippen LogP contribution in [0, 0.1) is 5.92 Å². The predicted octanol–water partition coefficient (Wildman–Crippen LogP) is 2.54. The highest BCUT2D eigenvalue weighted by Gasteiger charge is 2.26. The van der Waals surface area contributed by atoms with Crippen LogP contribution in [-0.4, -0.2) is 52.7 Å². The van der Waals surface area contributed by atoms with Gasteiger partial charge in [-0.05, 0) is 43.7 Å². The molecule has 1 aliphatic rings. The Morgan fingerprint density at radius 3 is 2.00 bits per heavy atom. The van der Waals surface area contributed by atoms with Crippen LogP contribution in [0.25, 0.3) is 0 Å². The van der Waals surface area contributed by atoms with Gasteiger partial charge in [-0.3, -0.25) is 14.4 Å². The monoisotopic (exact) mass is 332 g/mol. The van der Waals surface area contributed by atoms with Crippen LogP contribution in [0.4, 0.5) is 0 Å². The number of rotatable bonds is 10.